The Morgan fingerprint density at radius 2 is 1.90 bits per heavy atom. The summed E-state index contributed by atoms with van der Waals surface area (Å²) < 4.78 is 20.2. The van der Waals surface area contributed by atoms with Crippen molar-refractivity contribution in [1.29, 1.82) is 0 Å². The molecule has 0 fully saturated rings. The number of halogens is 1. The lowest BCUT2D eigenvalue weighted by atomic mass is 10.0. The number of carbonyl (C=O) groups is 2. The molecule has 1 aromatic heterocycles. The van der Waals surface area contributed by atoms with Gasteiger partial charge in [-0.15, -0.1) is 0 Å². The molecule has 0 aliphatic carbocycles. The van der Waals surface area contributed by atoms with Crippen molar-refractivity contribution in [3.8, 4) is 17.0 Å². The zero-order valence-electron chi connectivity index (χ0n) is 17.3. The van der Waals surface area contributed by atoms with Crippen LogP contribution in [-0.2, 0) is 13.1 Å². The minimum atomic E-state index is -0.643. The molecule has 0 spiro atoms. The monoisotopic (exact) mass is 425 g/mol. The number of nitrogens with two attached hydrogens (primary N) is 2. The molecule has 31 heavy (non-hydrogen) atoms. The van der Waals surface area contributed by atoms with Gasteiger partial charge in [-0.1, -0.05) is 31.2 Å². The summed E-state index contributed by atoms with van der Waals surface area (Å²) >= 11 is 0. The second-order valence-electron chi connectivity index (χ2n) is 6.92. The number of aryl methyl sites for hydroxylation is 1. The topological polar surface area (TPSA) is 125 Å². The van der Waals surface area contributed by atoms with Crippen LogP contribution in [0, 0.1) is 5.82 Å². The molecular formula is C22H24FN5O3. The van der Waals surface area contributed by atoms with Crippen LogP contribution in [0.1, 0.15) is 39.6 Å². The molecule has 2 aromatic carbocycles. The van der Waals surface area contributed by atoms with Gasteiger partial charge in [0.05, 0.1) is 12.7 Å². The number of amides is 2. The summed E-state index contributed by atoms with van der Waals surface area (Å²) in [6.45, 7) is 2.76. The van der Waals surface area contributed by atoms with Crippen LogP contribution in [-0.4, -0.2) is 28.7 Å². The number of hydrogen-bond donors (Lipinski definition) is 3. The number of carbonyl (C=O) groups excluding carboxylic acids is 2. The fraction of sp³-hybridized carbons (Fsp3) is 0.227. The van der Waals surface area contributed by atoms with E-state index in [1.54, 1.807) is 28.9 Å². The summed E-state index contributed by atoms with van der Waals surface area (Å²) in [5.74, 6) is -1.10. The van der Waals surface area contributed by atoms with Crippen LogP contribution in [0.15, 0.2) is 42.5 Å². The van der Waals surface area contributed by atoms with Crippen molar-refractivity contribution in [1.82, 2.24) is 15.1 Å². The van der Waals surface area contributed by atoms with Crippen molar-refractivity contribution in [2.45, 2.75) is 26.4 Å². The first-order valence-corrected chi connectivity index (χ1v) is 9.72. The zero-order valence-corrected chi connectivity index (χ0v) is 17.3. The number of nitrogens with zero attached hydrogens (tertiary/aromatic N) is 2. The van der Waals surface area contributed by atoms with E-state index < -0.39 is 17.6 Å². The van der Waals surface area contributed by atoms with Crippen LogP contribution in [0.3, 0.4) is 0 Å². The fourth-order valence-electron chi connectivity index (χ4n) is 3.22. The third kappa shape index (κ3) is 4.66. The van der Waals surface area contributed by atoms with Crippen molar-refractivity contribution >= 4 is 17.6 Å². The van der Waals surface area contributed by atoms with Gasteiger partial charge in [0.25, 0.3) is 11.8 Å². The summed E-state index contributed by atoms with van der Waals surface area (Å²) in [7, 11) is 1.41. The lowest BCUT2D eigenvalue weighted by molar-refractivity contribution is 0.0946. The average molecular weight is 425 g/mol. The van der Waals surface area contributed by atoms with E-state index in [-0.39, 0.29) is 29.2 Å². The highest BCUT2D eigenvalue weighted by atomic mass is 19.1. The molecule has 162 valence electrons. The Labute approximate surface area is 179 Å². The van der Waals surface area contributed by atoms with Crippen molar-refractivity contribution in [3.63, 3.8) is 0 Å². The van der Waals surface area contributed by atoms with Crippen molar-refractivity contribution in [2.24, 2.45) is 5.73 Å². The highest BCUT2D eigenvalue weighted by Gasteiger charge is 2.21. The van der Waals surface area contributed by atoms with E-state index in [1.165, 1.54) is 19.2 Å². The van der Waals surface area contributed by atoms with Crippen LogP contribution in [0.4, 0.5) is 10.2 Å². The van der Waals surface area contributed by atoms with Crippen LogP contribution in [0.2, 0.25) is 0 Å². The minimum absolute atomic E-state index is 0.113. The molecule has 2 amide bonds. The maximum atomic E-state index is 13.5. The quantitative estimate of drug-likeness (QED) is 0.512. The van der Waals surface area contributed by atoms with Gasteiger partial charge in [-0.05, 0) is 30.2 Å². The Hall–Kier alpha value is -3.88. The van der Waals surface area contributed by atoms with Gasteiger partial charge >= 0.3 is 0 Å². The number of nitrogens with one attached hydrogen (secondary N) is 1. The van der Waals surface area contributed by atoms with Gasteiger partial charge < -0.3 is 21.5 Å². The van der Waals surface area contributed by atoms with E-state index in [0.717, 1.165) is 18.1 Å². The minimum Gasteiger partial charge on any atom is -0.496 e. The van der Waals surface area contributed by atoms with Gasteiger partial charge in [0.15, 0.2) is 0 Å². The predicted molar refractivity (Wildman–Crippen MR) is 115 cm³/mol. The van der Waals surface area contributed by atoms with Crippen molar-refractivity contribution < 1.29 is 18.7 Å². The first-order chi connectivity index (χ1) is 14.8. The van der Waals surface area contributed by atoms with Gasteiger partial charge in [-0.2, -0.15) is 5.10 Å². The molecule has 0 saturated heterocycles. The second-order valence-corrected chi connectivity index (χ2v) is 6.92. The molecule has 0 bridgehead atoms. The number of methoxy groups -OCH3 is 1. The van der Waals surface area contributed by atoms with E-state index >= 15 is 0 Å². The first kappa shape index (κ1) is 21.8. The number of primary amides is 1. The molecule has 0 aliphatic rings. The average Bonchev–Trinajstić information content (AvgIpc) is 3.09. The highest BCUT2D eigenvalue weighted by Crippen LogP contribution is 2.27. The maximum Gasteiger partial charge on any atom is 0.255 e. The number of aromatic nitrogens is 2. The van der Waals surface area contributed by atoms with Crippen LogP contribution in [0.25, 0.3) is 11.3 Å². The third-order valence-electron chi connectivity index (χ3n) is 4.76. The number of hydrogen-bond acceptors (Lipinski definition) is 5. The molecule has 0 saturated carbocycles. The summed E-state index contributed by atoms with van der Waals surface area (Å²) in [6, 6.07) is 10.9. The molecule has 3 rings (SSSR count). The molecule has 3 aromatic rings. The predicted octanol–water partition coefficient (Wildman–Crippen LogP) is 2.72. The number of nitrogen functional groups attached to an aromatic ring is 1. The van der Waals surface area contributed by atoms with E-state index in [2.05, 4.69) is 10.4 Å². The molecule has 8 nitrogen and oxygen atoms in total. The van der Waals surface area contributed by atoms with E-state index in [9.17, 15) is 14.0 Å². The van der Waals surface area contributed by atoms with Crippen LogP contribution >= 0.6 is 0 Å². The SMILES string of the molecule is CCCn1nc(-c2ccc(CNC(=O)c3cc(F)ccc3OC)cc2)c(C(N)=O)c1N. The summed E-state index contributed by atoms with van der Waals surface area (Å²) in [5, 5.41) is 7.17. The molecule has 0 unspecified atom stereocenters. The van der Waals surface area contributed by atoms with Gasteiger partial charge in [0.1, 0.15) is 28.6 Å². The molecule has 1 heterocycles. The van der Waals surface area contributed by atoms with Crippen LogP contribution in [0.5, 0.6) is 5.75 Å². The molecular weight excluding hydrogens is 401 g/mol. The Morgan fingerprint density at radius 3 is 2.52 bits per heavy atom. The Bertz CT molecular complexity index is 1110. The molecule has 0 radical (unpaired) electrons. The smallest absolute Gasteiger partial charge is 0.255 e. The Morgan fingerprint density at radius 1 is 1.19 bits per heavy atom. The summed E-state index contributed by atoms with van der Waals surface area (Å²) in [5.41, 5.74) is 13.7. The molecule has 0 aliphatic heterocycles. The van der Waals surface area contributed by atoms with E-state index in [1.807, 2.05) is 6.92 Å². The lowest BCUT2D eigenvalue weighted by Crippen LogP contribution is -2.23. The lowest BCUT2D eigenvalue weighted by Gasteiger charge is -2.10. The number of rotatable bonds is 8. The fourth-order valence-corrected chi connectivity index (χ4v) is 3.22. The highest BCUT2D eigenvalue weighted by molar-refractivity contribution is 6.03. The standard InChI is InChI=1S/C22H24FN5O3/c1-3-10-28-20(24)18(21(25)29)19(27-28)14-6-4-13(5-7-14)12-26-22(30)16-11-15(23)8-9-17(16)31-2/h4-9,11H,3,10,12,24H2,1-2H3,(H2,25,29)(H,26,30). The summed E-state index contributed by atoms with van der Waals surface area (Å²) in [6.07, 6.45) is 0.804. The number of anilines is 1. The maximum absolute atomic E-state index is 13.5. The molecule has 0 atom stereocenters. The first-order valence-electron chi connectivity index (χ1n) is 9.72. The van der Waals surface area contributed by atoms with Crippen LogP contribution < -0.4 is 21.5 Å². The normalized spacial score (nSPS) is 10.7. The van der Waals surface area contributed by atoms with Gasteiger partial charge in [-0.25, -0.2) is 9.07 Å². The zero-order chi connectivity index (χ0) is 22.5. The van der Waals surface area contributed by atoms with E-state index in [0.29, 0.717) is 17.8 Å². The molecule has 5 N–H and O–H groups in total. The summed E-state index contributed by atoms with van der Waals surface area (Å²) in [4.78, 5) is 24.3. The Kier molecular flexibility index (Phi) is 6.54. The Balaban J connectivity index is 1.77. The number of benzene rings is 2. The number of ether oxygens (including phenoxy) is 1. The van der Waals surface area contributed by atoms with Gasteiger partial charge in [-0.3, -0.25) is 9.59 Å². The third-order valence-corrected chi connectivity index (χ3v) is 4.76. The largest absolute Gasteiger partial charge is 0.496 e. The second kappa shape index (κ2) is 9.29. The van der Waals surface area contributed by atoms with Gasteiger partial charge in [0.2, 0.25) is 0 Å². The van der Waals surface area contributed by atoms with E-state index in [4.69, 9.17) is 16.2 Å². The van der Waals surface area contributed by atoms with Crippen molar-refractivity contribution in [3.05, 3.63) is 65.0 Å². The van der Waals surface area contributed by atoms with Gasteiger partial charge in [0, 0.05) is 18.7 Å². The molecule has 9 heteroatoms. The van der Waals surface area contributed by atoms with Crippen molar-refractivity contribution in [2.75, 3.05) is 12.8 Å².